The van der Waals surface area contributed by atoms with Gasteiger partial charge in [0.15, 0.2) is 5.16 Å². The Bertz CT molecular complexity index is 3520. The molecular formula is C48H38BrN9O4S3. The van der Waals surface area contributed by atoms with Crippen LogP contribution in [0, 0.1) is 0 Å². The van der Waals surface area contributed by atoms with Crippen molar-refractivity contribution in [2.75, 3.05) is 26.8 Å². The monoisotopic (exact) mass is 979 g/mol. The fourth-order valence-corrected chi connectivity index (χ4v) is 9.39. The second-order valence-electron chi connectivity index (χ2n) is 14.1. The quantitative estimate of drug-likeness (QED) is 0.0608. The molecule has 0 atom stereocenters. The molecule has 0 aliphatic carbocycles. The number of nitrogens with one attached hydrogen (secondary N) is 3. The maximum atomic E-state index is 13.0. The van der Waals surface area contributed by atoms with E-state index in [0.29, 0.717) is 33.4 Å². The summed E-state index contributed by atoms with van der Waals surface area (Å²) in [4.78, 5) is 22.2. The molecule has 65 heavy (non-hydrogen) atoms. The average molecular weight is 981 g/mol. The maximum Gasteiger partial charge on any atom is 0.261 e. The van der Waals surface area contributed by atoms with Crippen molar-refractivity contribution in [3.8, 4) is 0 Å². The lowest BCUT2D eigenvalue weighted by Crippen LogP contribution is -2.13. The number of aromatic nitrogens is 5. The second-order valence-corrected chi connectivity index (χ2v) is 19.1. The van der Waals surface area contributed by atoms with Crippen molar-refractivity contribution in [1.82, 2.24) is 24.9 Å². The topological polar surface area (TPSA) is 195 Å². The molecule has 0 unspecified atom stereocenters. The van der Waals surface area contributed by atoms with Gasteiger partial charge in [-0.3, -0.25) is 24.4 Å². The molecule has 17 heteroatoms. The summed E-state index contributed by atoms with van der Waals surface area (Å²) in [5.74, 6) is 0.667. The number of hydrogen-bond donors (Lipinski definition) is 4. The molecular weight excluding hydrogens is 943 g/mol. The van der Waals surface area contributed by atoms with E-state index >= 15 is 0 Å². The lowest BCUT2D eigenvalue weighted by Gasteiger charge is -2.12. The zero-order valence-electron chi connectivity index (χ0n) is 34.4. The number of nitrogens with two attached hydrogens (primary N) is 1. The highest BCUT2D eigenvalue weighted by atomic mass is 79.9. The molecule has 0 bridgehead atoms. The second kappa shape index (κ2) is 19.7. The third-order valence-corrected chi connectivity index (χ3v) is 13.6. The summed E-state index contributed by atoms with van der Waals surface area (Å²) in [5.41, 5.74) is 11.0. The van der Waals surface area contributed by atoms with Gasteiger partial charge in [0.25, 0.3) is 20.0 Å². The van der Waals surface area contributed by atoms with E-state index in [0.717, 1.165) is 48.4 Å². The van der Waals surface area contributed by atoms with Gasteiger partial charge in [0, 0.05) is 50.3 Å². The fraction of sp³-hybridized carbons (Fsp3) is 0.0208. The SMILES string of the molecule is CSc1nc(Nc2ccc(S(=O)(=O)Nc3cccc4cccnc34)cc2)c2ccccc2n1.Nc1cccc2cccnc12.O=S(=O)(Nc1cccc2cccnc12)c1ccc(Br)cc1. The fourth-order valence-electron chi connectivity index (χ4n) is 6.62. The predicted molar refractivity (Wildman–Crippen MR) is 266 cm³/mol. The predicted octanol–water partition coefficient (Wildman–Crippen LogP) is 11.1. The largest absolute Gasteiger partial charge is 0.397 e. The van der Waals surface area contributed by atoms with Gasteiger partial charge in [0.05, 0.1) is 48.9 Å². The molecule has 4 heterocycles. The highest BCUT2D eigenvalue weighted by molar-refractivity contribution is 9.10. The number of fused-ring (bicyclic) bond motifs is 4. The van der Waals surface area contributed by atoms with Crippen LogP contribution in [0.3, 0.4) is 0 Å². The van der Waals surface area contributed by atoms with Crippen LogP contribution in [0.2, 0.25) is 0 Å². The molecule has 10 rings (SSSR count). The van der Waals surface area contributed by atoms with E-state index in [4.69, 9.17) is 5.73 Å². The lowest BCUT2D eigenvalue weighted by atomic mass is 10.2. The van der Waals surface area contributed by atoms with E-state index in [-0.39, 0.29) is 9.79 Å². The van der Waals surface area contributed by atoms with Crippen LogP contribution >= 0.6 is 27.7 Å². The van der Waals surface area contributed by atoms with Crippen molar-refractivity contribution in [1.29, 1.82) is 0 Å². The van der Waals surface area contributed by atoms with Crippen LogP contribution < -0.4 is 20.5 Å². The van der Waals surface area contributed by atoms with Gasteiger partial charge in [-0.1, -0.05) is 94.4 Å². The van der Waals surface area contributed by atoms with Crippen LogP contribution in [0.15, 0.2) is 202 Å². The minimum absolute atomic E-state index is 0.151. The van der Waals surface area contributed by atoms with Gasteiger partial charge in [-0.05, 0) is 103 Å². The Labute approximate surface area is 387 Å². The number of pyridine rings is 3. The summed E-state index contributed by atoms with van der Waals surface area (Å²) in [5, 5.41) is 7.66. The van der Waals surface area contributed by atoms with E-state index in [9.17, 15) is 16.8 Å². The van der Waals surface area contributed by atoms with Gasteiger partial charge in [-0.15, -0.1) is 0 Å². The minimum Gasteiger partial charge on any atom is -0.397 e. The van der Waals surface area contributed by atoms with Crippen molar-refractivity contribution in [2.24, 2.45) is 0 Å². The highest BCUT2D eigenvalue weighted by Gasteiger charge is 2.18. The van der Waals surface area contributed by atoms with Crippen LogP contribution in [-0.2, 0) is 20.0 Å². The molecule has 4 aromatic heterocycles. The lowest BCUT2D eigenvalue weighted by molar-refractivity contribution is 0.599. The number of para-hydroxylation sites is 4. The highest BCUT2D eigenvalue weighted by Crippen LogP contribution is 2.29. The van der Waals surface area contributed by atoms with Gasteiger partial charge in [0.2, 0.25) is 0 Å². The average Bonchev–Trinajstić information content (AvgIpc) is 3.32. The third kappa shape index (κ3) is 10.6. The van der Waals surface area contributed by atoms with Crippen LogP contribution in [0.25, 0.3) is 43.6 Å². The van der Waals surface area contributed by atoms with Gasteiger partial charge in [0.1, 0.15) is 5.82 Å². The first-order valence-electron chi connectivity index (χ1n) is 19.7. The van der Waals surface area contributed by atoms with Crippen molar-refractivity contribution in [3.63, 3.8) is 0 Å². The third-order valence-electron chi connectivity index (χ3n) is 9.73. The zero-order valence-corrected chi connectivity index (χ0v) is 38.4. The number of anilines is 5. The van der Waals surface area contributed by atoms with Crippen LogP contribution in [0.4, 0.5) is 28.6 Å². The molecule has 324 valence electrons. The summed E-state index contributed by atoms with van der Waals surface area (Å²) >= 11 is 4.75. The first-order chi connectivity index (χ1) is 31.5. The molecule has 0 aliphatic rings. The Kier molecular flexibility index (Phi) is 13.5. The number of sulfonamides is 2. The van der Waals surface area contributed by atoms with Gasteiger partial charge >= 0.3 is 0 Å². The van der Waals surface area contributed by atoms with Crippen molar-refractivity contribution >= 4 is 120 Å². The van der Waals surface area contributed by atoms with Gasteiger partial charge < -0.3 is 11.1 Å². The van der Waals surface area contributed by atoms with E-state index in [2.05, 4.69) is 55.6 Å². The molecule has 0 saturated carbocycles. The molecule has 10 aromatic rings. The first-order valence-corrected chi connectivity index (χ1v) is 24.7. The number of hydrogen-bond acceptors (Lipinski definition) is 12. The summed E-state index contributed by atoms with van der Waals surface area (Å²) < 4.78 is 56.9. The molecule has 0 saturated heterocycles. The molecule has 0 aliphatic heterocycles. The minimum atomic E-state index is -3.79. The number of rotatable bonds is 9. The molecule has 0 spiro atoms. The smallest absolute Gasteiger partial charge is 0.261 e. The number of benzene rings is 6. The number of nitrogen functional groups attached to an aromatic ring is 1. The van der Waals surface area contributed by atoms with E-state index in [1.165, 1.54) is 11.8 Å². The molecule has 0 fully saturated rings. The zero-order chi connectivity index (χ0) is 45.4. The van der Waals surface area contributed by atoms with E-state index in [1.54, 1.807) is 91.4 Å². The molecule has 5 N–H and O–H groups in total. The van der Waals surface area contributed by atoms with Crippen LogP contribution in [0.5, 0.6) is 0 Å². The van der Waals surface area contributed by atoms with Crippen LogP contribution in [-0.4, -0.2) is 48.0 Å². The summed E-state index contributed by atoms with van der Waals surface area (Å²) in [6.07, 6.45) is 6.95. The standard InChI is InChI=1S/C24H19N5O2S2.C15H11BrN2O2S.C9H8N2/c1-32-24-27-20-9-3-2-8-19(20)23(28-24)26-17-11-13-18(14-12-17)33(30,31)29-21-10-4-6-16-7-5-15-25-22(16)21;16-12-6-8-13(9-7-12)21(19,20)18-14-5-1-3-11-4-2-10-17-15(11)14;10-8-5-1-3-7-4-2-6-11-9(7)8/h2-15,29H,1H3,(H,26,27,28);1-10,18H;1-6H,10H2. The molecule has 6 aromatic carbocycles. The number of thioether (sulfide) groups is 1. The van der Waals surface area contributed by atoms with Crippen molar-refractivity contribution < 1.29 is 16.8 Å². The summed E-state index contributed by atoms with van der Waals surface area (Å²) in [6.45, 7) is 0. The Morgan fingerprint density at radius 2 is 1.00 bits per heavy atom. The van der Waals surface area contributed by atoms with Gasteiger partial charge in [-0.2, -0.15) is 0 Å². The first kappa shape index (κ1) is 44.4. The van der Waals surface area contributed by atoms with Crippen molar-refractivity contribution in [2.45, 2.75) is 14.9 Å². The van der Waals surface area contributed by atoms with Crippen LogP contribution in [0.1, 0.15) is 0 Å². The number of halogens is 1. The number of nitrogens with zero attached hydrogens (tertiary/aromatic N) is 5. The van der Waals surface area contributed by atoms with Gasteiger partial charge in [-0.25, -0.2) is 26.8 Å². The Morgan fingerprint density at radius 3 is 1.54 bits per heavy atom. The Hall–Kier alpha value is -7.18. The van der Waals surface area contributed by atoms with E-state index < -0.39 is 20.0 Å². The molecule has 0 radical (unpaired) electrons. The summed E-state index contributed by atoms with van der Waals surface area (Å²) in [7, 11) is -7.42. The molecule has 0 amide bonds. The summed E-state index contributed by atoms with van der Waals surface area (Å²) in [6, 6.07) is 48.6. The molecule has 13 nitrogen and oxygen atoms in total. The normalized spacial score (nSPS) is 11.3. The Morgan fingerprint density at radius 1 is 0.523 bits per heavy atom. The van der Waals surface area contributed by atoms with Crippen molar-refractivity contribution in [3.05, 3.63) is 187 Å². The maximum absolute atomic E-state index is 13.0. The van der Waals surface area contributed by atoms with E-state index in [1.807, 2.05) is 97.3 Å². The Balaban J connectivity index is 0.000000152.